The number of hydrogen-bond donors (Lipinski definition) is 1. The molecule has 0 spiro atoms. The molecule has 0 aliphatic carbocycles. The van der Waals surface area contributed by atoms with Gasteiger partial charge in [-0.15, -0.1) is 0 Å². The third-order valence-corrected chi connectivity index (χ3v) is 4.16. The molecule has 0 unspecified atom stereocenters. The van der Waals surface area contributed by atoms with E-state index in [0.29, 0.717) is 36.0 Å². The van der Waals surface area contributed by atoms with Crippen LogP contribution in [-0.4, -0.2) is 25.2 Å². The van der Waals surface area contributed by atoms with Crippen LogP contribution in [0.4, 0.5) is 5.69 Å². The highest BCUT2D eigenvalue weighted by atomic mass is 16.5. The minimum absolute atomic E-state index is 0.146. The van der Waals surface area contributed by atoms with Crippen molar-refractivity contribution >= 4 is 11.6 Å². The maximum Gasteiger partial charge on any atom is 0.255 e. The standard InChI is InChI=1S/C19H19NO4/c1-12-9-14-10-13(3-5-16(14)24-12)19(21)20-15-4-6-17-18(11-15)23-8-2-7-22-17/h3-6,10-12H,2,7-9H2,1H3,(H,20,21)/t12-/m0/s1. The zero-order valence-corrected chi connectivity index (χ0v) is 13.5. The molecular formula is C19H19NO4. The quantitative estimate of drug-likeness (QED) is 0.919. The molecule has 0 bridgehead atoms. The maximum atomic E-state index is 12.5. The fourth-order valence-electron chi connectivity index (χ4n) is 3.01. The molecule has 2 heterocycles. The van der Waals surface area contributed by atoms with E-state index in [9.17, 15) is 4.79 Å². The van der Waals surface area contributed by atoms with Gasteiger partial charge in [-0.2, -0.15) is 0 Å². The Hall–Kier alpha value is -2.69. The van der Waals surface area contributed by atoms with Gasteiger partial charge in [0.2, 0.25) is 0 Å². The number of carbonyl (C=O) groups is 1. The molecule has 1 N–H and O–H groups in total. The van der Waals surface area contributed by atoms with E-state index in [1.807, 2.05) is 31.2 Å². The van der Waals surface area contributed by atoms with Crippen LogP contribution in [0.2, 0.25) is 0 Å². The van der Waals surface area contributed by atoms with Crippen molar-refractivity contribution in [2.75, 3.05) is 18.5 Å². The Morgan fingerprint density at radius 3 is 2.71 bits per heavy atom. The van der Waals surface area contributed by atoms with Gasteiger partial charge in [-0.25, -0.2) is 0 Å². The largest absolute Gasteiger partial charge is 0.490 e. The molecule has 0 saturated carbocycles. The molecule has 2 aliphatic rings. The number of nitrogens with one attached hydrogen (secondary N) is 1. The average molecular weight is 325 g/mol. The number of fused-ring (bicyclic) bond motifs is 2. The normalized spacial score (nSPS) is 18.3. The molecule has 5 nitrogen and oxygen atoms in total. The third-order valence-electron chi connectivity index (χ3n) is 4.16. The lowest BCUT2D eigenvalue weighted by molar-refractivity contribution is 0.102. The Morgan fingerprint density at radius 2 is 1.83 bits per heavy atom. The Balaban J connectivity index is 1.52. The summed E-state index contributed by atoms with van der Waals surface area (Å²) in [6, 6.07) is 11.0. The summed E-state index contributed by atoms with van der Waals surface area (Å²) in [6.45, 7) is 3.29. The highest BCUT2D eigenvalue weighted by Crippen LogP contribution is 2.33. The van der Waals surface area contributed by atoms with E-state index in [1.54, 1.807) is 12.1 Å². The van der Waals surface area contributed by atoms with E-state index in [2.05, 4.69) is 5.32 Å². The number of hydrogen-bond acceptors (Lipinski definition) is 4. The SMILES string of the molecule is C[C@H]1Cc2cc(C(=O)Nc3ccc4c(c3)OCCCO4)ccc2O1. The fraction of sp³-hybridized carbons (Fsp3) is 0.316. The molecule has 2 aliphatic heterocycles. The van der Waals surface area contributed by atoms with Gasteiger partial charge in [0.05, 0.1) is 13.2 Å². The Morgan fingerprint density at radius 1 is 1.04 bits per heavy atom. The van der Waals surface area contributed by atoms with Gasteiger partial charge in [0.25, 0.3) is 5.91 Å². The molecule has 0 aromatic heterocycles. The summed E-state index contributed by atoms with van der Waals surface area (Å²) in [6.07, 6.45) is 1.85. The number of ether oxygens (including phenoxy) is 3. The zero-order chi connectivity index (χ0) is 16.5. The second-order valence-corrected chi connectivity index (χ2v) is 6.12. The topological polar surface area (TPSA) is 56.8 Å². The van der Waals surface area contributed by atoms with Crippen LogP contribution < -0.4 is 19.5 Å². The van der Waals surface area contributed by atoms with Gasteiger partial charge in [0.15, 0.2) is 11.5 Å². The van der Waals surface area contributed by atoms with Crippen LogP contribution in [0.25, 0.3) is 0 Å². The van der Waals surface area contributed by atoms with E-state index < -0.39 is 0 Å². The first kappa shape index (κ1) is 14.9. The summed E-state index contributed by atoms with van der Waals surface area (Å²) in [7, 11) is 0. The number of rotatable bonds is 2. The summed E-state index contributed by atoms with van der Waals surface area (Å²) >= 11 is 0. The van der Waals surface area contributed by atoms with Gasteiger partial charge in [-0.3, -0.25) is 4.79 Å². The molecule has 4 rings (SSSR count). The molecule has 1 amide bonds. The predicted octanol–water partition coefficient (Wildman–Crippen LogP) is 3.42. The first-order chi connectivity index (χ1) is 11.7. The van der Waals surface area contributed by atoms with Crippen LogP contribution >= 0.6 is 0 Å². The van der Waals surface area contributed by atoms with Crippen molar-refractivity contribution in [2.24, 2.45) is 0 Å². The number of amides is 1. The second-order valence-electron chi connectivity index (χ2n) is 6.12. The lowest BCUT2D eigenvalue weighted by Gasteiger charge is -2.11. The van der Waals surface area contributed by atoms with Gasteiger partial charge in [0.1, 0.15) is 11.9 Å². The summed E-state index contributed by atoms with van der Waals surface area (Å²) in [5.41, 5.74) is 2.39. The smallest absolute Gasteiger partial charge is 0.255 e. The number of carbonyl (C=O) groups excluding carboxylic acids is 1. The van der Waals surface area contributed by atoms with Crippen molar-refractivity contribution in [1.82, 2.24) is 0 Å². The molecular weight excluding hydrogens is 306 g/mol. The maximum absolute atomic E-state index is 12.5. The van der Waals surface area contributed by atoms with E-state index in [1.165, 1.54) is 0 Å². The molecule has 5 heteroatoms. The van der Waals surface area contributed by atoms with Crippen LogP contribution in [0, 0.1) is 0 Å². The van der Waals surface area contributed by atoms with Crippen molar-refractivity contribution in [3.8, 4) is 17.2 Å². The predicted molar refractivity (Wildman–Crippen MR) is 90.2 cm³/mol. The highest BCUT2D eigenvalue weighted by molar-refractivity contribution is 6.04. The Kier molecular flexibility index (Phi) is 3.76. The van der Waals surface area contributed by atoms with Gasteiger partial charge >= 0.3 is 0 Å². The van der Waals surface area contributed by atoms with Crippen LogP contribution in [0.3, 0.4) is 0 Å². The minimum atomic E-state index is -0.146. The zero-order valence-electron chi connectivity index (χ0n) is 13.5. The molecule has 24 heavy (non-hydrogen) atoms. The molecule has 0 fully saturated rings. The van der Waals surface area contributed by atoms with Crippen LogP contribution in [-0.2, 0) is 6.42 Å². The third kappa shape index (κ3) is 2.89. The monoisotopic (exact) mass is 325 g/mol. The number of benzene rings is 2. The highest BCUT2D eigenvalue weighted by Gasteiger charge is 2.20. The lowest BCUT2D eigenvalue weighted by Crippen LogP contribution is -2.12. The van der Waals surface area contributed by atoms with Crippen LogP contribution in [0.1, 0.15) is 29.3 Å². The first-order valence-corrected chi connectivity index (χ1v) is 8.19. The van der Waals surface area contributed by atoms with Crippen molar-refractivity contribution in [1.29, 1.82) is 0 Å². The average Bonchev–Trinajstić information content (AvgIpc) is 2.79. The lowest BCUT2D eigenvalue weighted by atomic mass is 10.1. The molecule has 124 valence electrons. The minimum Gasteiger partial charge on any atom is -0.490 e. The van der Waals surface area contributed by atoms with E-state index >= 15 is 0 Å². The van der Waals surface area contributed by atoms with Gasteiger partial charge < -0.3 is 19.5 Å². The van der Waals surface area contributed by atoms with E-state index in [-0.39, 0.29) is 12.0 Å². The van der Waals surface area contributed by atoms with Crippen molar-refractivity contribution in [3.05, 3.63) is 47.5 Å². The van der Waals surface area contributed by atoms with E-state index in [0.717, 1.165) is 24.2 Å². The molecule has 2 aromatic carbocycles. The van der Waals surface area contributed by atoms with Gasteiger partial charge in [-0.1, -0.05) is 0 Å². The molecule has 2 aromatic rings. The summed E-state index contributed by atoms with van der Waals surface area (Å²) < 4.78 is 16.9. The van der Waals surface area contributed by atoms with Crippen molar-refractivity contribution < 1.29 is 19.0 Å². The summed E-state index contributed by atoms with van der Waals surface area (Å²) in [5.74, 6) is 2.11. The first-order valence-electron chi connectivity index (χ1n) is 8.19. The van der Waals surface area contributed by atoms with Gasteiger partial charge in [-0.05, 0) is 42.8 Å². The van der Waals surface area contributed by atoms with Crippen molar-refractivity contribution in [3.63, 3.8) is 0 Å². The van der Waals surface area contributed by atoms with Crippen molar-refractivity contribution in [2.45, 2.75) is 25.9 Å². The fourth-order valence-corrected chi connectivity index (χ4v) is 3.01. The number of anilines is 1. The molecule has 0 saturated heterocycles. The Bertz CT molecular complexity index is 787. The van der Waals surface area contributed by atoms with Crippen LogP contribution in [0.5, 0.6) is 17.2 Å². The van der Waals surface area contributed by atoms with Gasteiger partial charge in [0, 0.05) is 30.2 Å². The van der Waals surface area contributed by atoms with E-state index in [4.69, 9.17) is 14.2 Å². The summed E-state index contributed by atoms with van der Waals surface area (Å²) in [5, 5.41) is 2.92. The Labute approximate surface area is 140 Å². The van der Waals surface area contributed by atoms with Crippen LogP contribution in [0.15, 0.2) is 36.4 Å². The molecule has 0 radical (unpaired) electrons. The molecule has 1 atom stereocenters. The second kappa shape index (κ2) is 6.07. The summed E-state index contributed by atoms with van der Waals surface area (Å²) in [4.78, 5) is 12.5.